The molecule has 0 fully saturated rings. The number of carbonyl (C=O) groups is 1. The van der Waals surface area contributed by atoms with Crippen LogP contribution in [0.25, 0.3) is 10.2 Å². The number of para-hydroxylation sites is 1. The van der Waals surface area contributed by atoms with Crippen molar-refractivity contribution in [2.24, 2.45) is 0 Å². The molecule has 0 bridgehead atoms. The lowest BCUT2D eigenvalue weighted by atomic mass is 10.3. The molecule has 0 aliphatic heterocycles. The number of rotatable bonds is 2. The molecule has 0 spiro atoms. The Hall–Kier alpha value is -2.25. The van der Waals surface area contributed by atoms with E-state index in [1.54, 1.807) is 12.1 Å². The van der Waals surface area contributed by atoms with Crippen molar-refractivity contribution in [3.8, 4) is 0 Å². The van der Waals surface area contributed by atoms with Gasteiger partial charge in [0.1, 0.15) is 17.2 Å². The van der Waals surface area contributed by atoms with Gasteiger partial charge in [0, 0.05) is 6.07 Å². The quantitative estimate of drug-likeness (QED) is 0.699. The first-order valence-corrected chi connectivity index (χ1v) is 7.30. The van der Waals surface area contributed by atoms with Crippen molar-refractivity contribution >= 4 is 50.0 Å². The zero-order valence-electron chi connectivity index (χ0n) is 10.9. The highest BCUT2D eigenvalue weighted by molar-refractivity contribution is 7.22. The summed E-state index contributed by atoms with van der Waals surface area (Å²) >= 11 is 7.22. The fourth-order valence-corrected chi connectivity index (χ4v) is 2.97. The van der Waals surface area contributed by atoms with Gasteiger partial charge in [-0.1, -0.05) is 29.0 Å². The van der Waals surface area contributed by atoms with E-state index in [0.29, 0.717) is 15.7 Å². The summed E-state index contributed by atoms with van der Waals surface area (Å²) in [6.45, 7) is 0. The zero-order valence-corrected chi connectivity index (χ0v) is 12.4. The van der Waals surface area contributed by atoms with E-state index in [2.05, 4.69) is 15.6 Å². The monoisotopic (exact) mass is 339 g/mol. The number of nitrogens with zero attached hydrogens (tertiary/aromatic N) is 1. The highest BCUT2D eigenvalue weighted by Crippen LogP contribution is 2.30. The highest BCUT2D eigenvalue weighted by Gasteiger charge is 2.12. The molecule has 3 rings (SSSR count). The molecule has 0 atom stereocenters. The van der Waals surface area contributed by atoms with E-state index in [1.165, 1.54) is 11.3 Å². The van der Waals surface area contributed by atoms with E-state index in [1.807, 2.05) is 6.07 Å². The lowest BCUT2D eigenvalue weighted by Crippen LogP contribution is -2.20. The Morgan fingerprint density at radius 3 is 2.77 bits per heavy atom. The van der Waals surface area contributed by atoms with Gasteiger partial charge in [-0.05, 0) is 24.3 Å². The molecule has 0 unspecified atom stereocenters. The Morgan fingerprint density at radius 1 is 1.18 bits per heavy atom. The van der Waals surface area contributed by atoms with Crippen LogP contribution in [0.2, 0.25) is 5.02 Å². The molecule has 0 aliphatic carbocycles. The largest absolute Gasteiger partial charge is 0.325 e. The third kappa shape index (κ3) is 3.00. The second kappa shape index (κ2) is 5.86. The molecule has 8 heteroatoms. The Morgan fingerprint density at radius 2 is 2.00 bits per heavy atom. The van der Waals surface area contributed by atoms with Gasteiger partial charge in [-0.3, -0.25) is 5.32 Å². The number of fused-ring (bicyclic) bond motifs is 1. The van der Waals surface area contributed by atoms with Gasteiger partial charge >= 0.3 is 6.03 Å². The SMILES string of the molecule is O=C(Nc1nc2c(Cl)cccc2s1)Nc1cc(F)ccc1F. The van der Waals surface area contributed by atoms with E-state index in [0.717, 1.165) is 22.9 Å². The summed E-state index contributed by atoms with van der Waals surface area (Å²) in [5.74, 6) is -1.38. The molecule has 4 nitrogen and oxygen atoms in total. The first-order valence-electron chi connectivity index (χ1n) is 6.11. The minimum absolute atomic E-state index is 0.253. The van der Waals surface area contributed by atoms with Gasteiger partial charge in [0.05, 0.1) is 15.4 Å². The average Bonchev–Trinajstić information content (AvgIpc) is 2.86. The van der Waals surface area contributed by atoms with Crippen LogP contribution in [-0.2, 0) is 0 Å². The molecule has 0 aliphatic rings. The third-order valence-corrected chi connectivity index (χ3v) is 4.01. The molecule has 22 heavy (non-hydrogen) atoms. The number of nitrogens with one attached hydrogen (secondary N) is 2. The number of amides is 2. The summed E-state index contributed by atoms with van der Waals surface area (Å²) in [6.07, 6.45) is 0. The summed E-state index contributed by atoms with van der Waals surface area (Å²) in [5, 5.41) is 5.46. The van der Waals surface area contributed by atoms with Crippen LogP contribution in [0.1, 0.15) is 0 Å². The maximum absolute atomic E-state index is 13.4. The molecule has 1 heterocycles. The Kier molecular flexibility index (Phi) is 3.91. The molecule has 112 valence electrons. The number of anilines is 2. The minimum Gasteiger partial charge on any atom is -0.305 e. The third-order valence-electron chi connectivity index (χ3n) is 2.77. The molecule has 2 amide bonds. The summed E-state index contributed by atoms with van der Waals surface area (Å²) in [7, 11) is 0. The smallest absolute Gasteiger partial charge is 0.305 e. The summed E-state index contributed by atoms with van der Waals surface area (Å²) in [5.41, 5.74) is 0.318. The molecule has 0 saturated carbocycles. The van der Waals surface area contributed by atoms with E-state index < -0.39 is 17.7 Å². The predicted octanol–water partition coefficient (Wildman–Crippen LogP) is 4.87. The number of carbonyl (C=O) groups excluding carboxylic acids is 1. The van der Waals surface area contributed by atoms with Gasteiger partial charge in [0.2, 0.25) is 0 Å². The molecule has 1 aromatic heterocycles. The molecule has 0 saturated heterocycles. The summed E-state index contributed by atoms with van der Waals surface area (Å²) in [6, 6.07) is 7.35. The van der Waals surface area contributed by atoms with E-state index in [-0.39, 0.29) is 5.69 Å². The van der Waals surface area contributed by atoms with Crippen molar-refractivity contribution in [3.05, 3.63) is 53.1 Å². The van der Waals surface area contributed by atoms with Crippen LogP contribution < -0.4 is 10.6 Å². The van der Waals surface area contributed by atoms with Crippen molar-refractivity contribution < 1.29 is 13.6 Å². The van der Waals surface area contributed by atoms with Gasteiger partial charge in [0.25, 0.3) is 0 Å². The highest BCUT2D eigenvalue weighted by atomic mass is 35.5. The number of hydrogen-bond donors (Lipinski definition) is 2. The number of aromatic nitrogens is 1. The van der Waals surface area contributed by atoms with Crippen LogP contribution in [0.5, 0.6) is 0 Å². The van der Waals surface area contributed by atoms with Gasteiger partial charge < -0.3 is 5.32 Å². The van der Waals surface area contributed by atoms with Crippen molar-refractivity contribution in [2.45, 2.75) is 0 Å². The van der Waals surface area contributed by atoms with Crippen molar-refractivity contribution in [1.29, 1.82) is 0 Å². The fraction of sp³-hybridized carbons (Fsp3) is 0. The van der Waals surface area contributed by atoms with Gasteiger partial charge in [0.15, 0.2) is 5.13 Å². The van der Waals surface area contributed by atoms with E-state index in [9.17, 15) is 13.6 Å². The molecule has 2 aromatic carbocycles. The fourth-order valence-electron chi connectivity index (χ4n) is 1.81. The Bertz CT molecular complexity index is 868. The van der Waals surface area contributed by atoms with Crippen LogP contribution in [0.3, 0.4) is 0 Å². The average molecular weight is 340 g/mol. The van der Waals surface area contributed by atoms with Gasteiger partial charge in [-0.25, -0.2) is 18.6 Å². The molecule has 2 N–H and O–H groups in total. The van der Waals surface area contributed by atoms with Crippen LogP contribution >= 0.6 is 22.9 Å². The van der Waals surface area contributed by atoms with Crippen LogP contribution in [0, 0.1) is 11.6 Å². The van der Waals surface area contributed by atoms with Crippen molar-refractivity contribution in [1.82, 2.24) is 4.98 Å². The van der Waals surface area contributed by atoms with Crippen LogP contribution in [0.4, 0.5) is 24.4 Å². The van der Waals surface area contributed by atoms with E-state index >= 15 is 0 Å². The first kappa shape index (κ1) is 14.7. The Labute approximate surface area is 132 Å². The number of hydrogen-bond acceptors (Lipinski definition) is 3. The second-order valence-corrected chi connectivity index (χ2v) is 5.75. The summed E-state index contributed by atoms with van der Waals surface area (Å²) < 4.78 is 27.3. The minimum atomic E-state index is -0.733. The number of urea groups is 1. The molecule has 3 aromatic rings. The predicted molar refractivity (Wildman–Crippen MR) is 83.6 cm³/mol. The normalized spacial score (nSPS) is 10.7. The molecular weight excluding hydrogens is 332 g/mol. The lowest BCUT2D eigenvalue weighted by Gasteiger charge is -2.06. The van der Waals surface area contributed by atoms with Crippen molar-refractivity contribution in [3.63, 3.8) is 0 Å². The van der Waals surface area contributed by atoms with Gasteiger partial charge in [-0.2, -0.15) is 0 Å². The summed E-state index contributed by atoms with van der Waals surface area (Å²) in [4.78, 5) is 16.0. The van der Waals surface area contributed by atoms with Crippen LogP contribution in [0.15, 0.2) is 36.4 Å². The maximum Gasteiger partial charge on any atom is 0.325 e. The Balaban J connectivity index is 1.78. The topological polar surface area (TPSA) is 54.0 Å². The molecular formula is C14H8ClF2N3OS. The standard InChI is InChI=1S/C14H8ClF2N3OS/c15-8-2-1-3-11-12(8)19-14(22-11)20-13(21)18-10-6-7(16)4-5-9(10)17/h1-6H,(H2,18,19,20,21). The maximum atomic E-state index is 13.4. The van der Waals surface area contributed by atoms with Crippen molar-refractivity contribution in [2.75, 3.05) is 10.6 Å². The number of halogens is 3. The zero-order chi connectivity index (χ0) is 15.7. The van der Waals surface area contributed by atoms with Gasteiger partial charge in [-0.15, -0.1) is 0 Å². The number of benzene rings is 2. The second-order valence-electron chi connectivity index (χ2n) is 4.31. The lowest BCUT2D eigenvalue weighted by molar-refractivity contribution is 0.262. The molecule has 0 radical (unpaired) electrons. The number of thiazole rings is 1. The van der Waals surface area contributed by atoms with E-state index in [4.69, 9.17) is 11.6 Å². The van der Waals surface area contributed by atoms with Crippen LogP contribution in [-0.4, -0.2) is 11.0 Å². The first-order chi connectivity index (χ1) is 10.5.